The summed E-state index contributed by atoms with van der Waals surface area (Å²) in [6, 6.07) is 62.8. The highest BCUT2D eigenvalue weighted by molar-refractivity contribution is 6.07. The van der Waals surface area contributed by atoms with E-state index in [2.05, 4.69) is 163 Å². The van der Waals surface area contributed by atoms with Gasteiger partial charge in [-0.3, -0.25) is 0 Å². The topological polar surface area (TPSA) is 42.2 Å². The van der Waals surface area contributed by atoms with Crippen LogP contribution in [0.2, 0.25) is 0 Å². The smallest absolute Gasteiger partial charge is 0.160 e. The van der Waals surface area contributed by atoms with Gasteiger partial charge in [0.05, 0.1) is 17.1 Å². The normalized spacial score (nSPS) is 14.2. The van der Waals surface area contributed by atoms with Gasteiger partial charge < -0.3 is 9.32 Å². The molecule has 10 rings (SSSR count). The molecule has 0 saturated carbocycles. The Morgan fingerprint density at radius 3 is 1.66 bits per heavy atom. The second-order valence-corrected chi connectivity index (χ2v) is 14.0. The van der Waals surface area contributed by atoms with Crippen molar-refractivity contribution in [3.63, 3.8) is 0 Å². The average molecular weight is 718 g/mol. The monoisotopic (exact) mass is 717 g/mol. The maximum atomic E-state index is 6.67. The molecule has 0 bridgehead atoms. The molecule has 7 aromatic carbocycles. The van der Waals surface area contributed by atoms with Crippen LogP contribution in [-0.4, -0.2) is 9.97 Å². The van der Waals surface area contributed by atoms with Crippen LogP contribution in [-0.2, 0) is 0 Å². The predicted octanol–water partition coefficient (Wildman–Crippen LogP) is 13.8. The van der Waals surface area contributed by atoms with Crippen LogP contribution in [0.3, 0.4) is 0 Å². The van der Waals surface area contributed by atoms with Crippen molar-refractivity contribution in [2.45, 2.75) is 0 Å². The first kappa shape index (κ1) is 33.0. The minimum atomic E-state index is 0.646. The van der Waals surface area contributed by atoms with Crippen molar-refractivity contribution in [2.24, 2.45) is 0 Å². The second kappa shape index (κ2) is 14.0. The van der Waals surface area contributed by atoms with Crippen molar-refractivity contribution in [2.75, 3.05) is 4.90 Å². The van der Waals surface area contributed by atoms with Crippen LogP contribution in [0.5, 0.6) is 0 Å². The maximum Gasteiger partial charge on any atom is 0.160 e. The summed E-state index contributed by atoms with van der Waals surface area (Å²) in [5.74, 6) is 0.646. The number of furan rings is 1. The van der Waals surface area contributed by atoms with Gasteiger partial charge in [-0.2, -0.15) is 0 Å². The van der Waals surface area contributed by atoms with Crippen LogP contribution in [0.15, 0.2) is 211 Å². The summed E-state index contributed by atoms with van der Waals surface area (Å²) in [6.07, 6.45) is 6.49. The first-order valence-corrected chi connectivity index (χ1v) is 18.7. The number of allylic oxidation sites excluding steroid dienone is 4. The number of hydrogen-bond acceptors (Lipinski definition) is 4. The number of fused-ring (bicyclic) bond motifs is 4. The maximum absolute atomic E-state index is 6.67. The van der Waals surface area contributed by atoms with Gasteiger partial charge in [0.15, 0.2) is 5.82 Å². The molecular formula is C52H35N3O. The van der Waals surface area contributed by atoms with Gasteiger partial charge in [-0.25, -0.2) is 9.97 Å². The van der Waals surface area contributed by atoms with Crippen molar-refractivity contribution in [3.05, 3.63) is 218 Å². The minimum Gasteiger partial charge on any atom is -0.456 e. The quantitative estimate of drug-likeness (QED) is 0.172. The third kappa shape index (κ3) is 6.19. The number of aromatic nitrogens is 2. The standard InChI is InChI=1S/C52H35N3O/c1-35-30-41(37-16-8-3-9-17-37)28-29-55(49-27-23-40(31-46(35)49)36-14-6-2-7-15-36)43-24-26-45-44-25-22-42(32-50(44)56-51(45)33-43)52-53-47(38-18-10-4-11-19-38)34-48(54-52)39-20-12-5-13-21-39/h2-34H,1H2/b29-28-,41-30+. The van der Waals surface area contributed by atoms with Crippen molar-refractivity contribution in [1.82, 2.24) is 9.97 Å². The first-order valence-electron chi connectivity index (χ1n) is 18.7. The zero-order chi connectivity index (χ0) is 37.4. The highest BCUT2D eigenvalue weighted by Gasteiger charge is 2.20. The van der Waals surface area contributed by atoms with Crippen molar-refractivity contribution in [1.29, 1.82) is 0 Å². The SMILES string of the molecule is C=C1/C=C(c2ccccc2)\C=C/N(c2ccc3c(c2)oc2cc(-c4nc(-c5ccccc5)cc(-c5ccccc5)n4)ccc23)c2ccc(-c3ccccc3)cc21. The van der Waals surface area contributed by atoms with Crippen molar-refractivity contribution in [3.8, 4) is 45.0 Å². The highest BCUT2D eigenvalue weighted by atomic mass is 16.3. The molecule has 264 valence electrons. The Kier molecular flexibility index (Phi) is 8.27. The summed E-state index contributed by atoms with van der Waals surface area (Å²) < 4.78 is 6.67. The van der Waals surface area contributed by atoms with Crippen molar-refractivity contribution < 1.29 is 4.42 Å². The van der Waals surface area contributed by atoms with Gasteiger partial charge in [0.25, 0.3) is 0 Å². The van der Waals surface area contributed by atoms with Crippen LogP contribution >= 0.6 is 0 Å². The van der Waals surface area contributed by atoms with Gasteiger partial charge in [-0.15, -0.1) is 0 Å². The Bertz CT molecular complexity index is 2910. The fraction of sp³-hybridized carbons (Fsp3) is 0. The van der Waals surface area contributed by atoms with E-state index in [1.807, 2.05) is 48.5 Å². The van der Waals surface area contributed by atoms with Crippen LogP contribution in [0, 0.1) is 0 Å². The number of benzene rings is 7. The van der Waals surface area contributed by atoms with Gasteiger partial charge in [0.1, 0.15) is 11.2 Å². The van der Waals surface area contributed by atoms with Gasteiger partial charge in [0.2, 0.25) is 0 Å². The lowest BCUT2D eigenvalue weighted by molar-refractivity contribution is 0.669. The molecule has 0 radical (unpaired) electrons. The van der Waals surface area contributed by atoms with Crippen LogP contribution in [0.4, 0.5) is 11.4 Å². The van der Waals surface area contributed by atoms with E-state index in [0.29, 0.717) is 5.82 Å². The summed E-state index contributed by atoms with van der Waals surface area (Å²) in [5.41, 5.74) is 14.8. The second-order valence-electron chi connectivity index (χ2n) is 14.0. The Labute approximate surface area is 325 Å². The fourth-order valence-corrected chi connectivity index (χ4v) is 7.54. The van der Waals surface area contributed by atoms with Gasteiger partial charge in [0, 0.05) is 51.0 Å². The molecule has 1 aliphatic heterocycles. The lowest BCUT2D eigenvalue weighted by Crippen LogP contribution is -2.12. The number of anilines is 2. The largest absolute Gasteiger partial charge is 0.456 e. The molecule has 0 spiro atoms. The van der Waals surface area contributed by atoms with E-state index < -0.39 is 0 Å². The molecule has 0 unspecified atom stereocenters. The van der Waals surface area contributed by atoms with Crippen molar-refractivity contribution >= 4 is 44.5 Å². The number of nitrogens with zero attached hydrogens (tertiary/aromatic N) is 3. The molecule has 0 fully saturated rings. The molecule has 4 heteroatoms. The van der Waals surface area contributed by atoms with Gasteiger partial charge >= 0.3 is 0 Å². The predicted molar refractivity (Wildman–Crippen MR) is 232 cm³/mol. The lowest BCUT2D eigenvalue weighted by Gasteiger charge is -2.26. The molecule has 0 saturated heterocycles. The highest BCUT2D eigenvalue weighted by Crippen LogP contribution is 2.41. The molecule has 1 aliphatic rings. The van der Waals surface area contributed by atoms with Gasteiger partial charge in [-0.1, -0.05) is 140 Å². The zero-order valence-electron chi connectivity index (χ0n) is 30.5. The third-order valence-electron chi connectivity index (χ3n) is 10.4. The summed E-state index contributed by atoms with van der Waals surface area (Å²) in [5, 5.41) is 2.08. The Morgan fingerprint density at radius 1 is 0.464 bits per heavy atom. The molecule has 0 amide bonds. The van der Waals surface area contributed by atoms with Crippen LogP contribution in [0.1, 0.15) is 11.1 Å². The van der Waals surface area contributed by atoms with E-state index >= 15 is 0 Å². The van der Waals surface area contributed by atoms with E-state index in [1.54, 1.807) is 0 Å². The average Bonchev–Trinajstić information content (AvgIpc) is 3.64. The Morgan fingerprint density at radius 2 is 1.02 bits per heavy atom. The molecule has 56 heavy (non-hydrogen) atoms. The van der Waals surface area contributed by atoms with E-state index in [0.717, 1.165) is 94.8 Å². The fourth-order valence-electron chi connectivity index (χ4n) is 7.54. The first-order chi connectivity index (χ1) is 27.6. The van der Waals surface area contributed by atoms with E-state index in [9.17, 15) is 0 Å². The van der Waals surface area contributed by atoms with Crippen LogP contribution < -0.4 is 4.90 Å². The zero-order valence-corrected chi connectivity index (χ0v) is 30.5. The summed E-state index contributed by atoms with van der Waals surface area (Å²) in [4.78, 5) is 12.3. The van der Waals surface area contributed by atoms with Gasteiger partial charge in [-0.05, 0) is 82.5 Å². The van der Waals surface area contributed by atoms with Crippen LogP contribution in [0.25, 0.3) is 78.1 Å². The number of hydrogen-bond donors (Lipinski definition) is 0. The molecule has 0 atom stereocenters. The summed E-state index contributed by atoms with van der Waals surface area (Å²) >= 11 is 0. The minimum absolute atomic E-state index is 0.646. The van der Waals surface area contributed by atoms with E-state index in [-0.39, 0.29) is 0 Å². The molecule has 2 aromatic heterocycles. The molecule has 0 N–H and O–H groups in total. The molecule has 4 nitrogen and oxygen atoms in total. The summed E-state index contributed by atoms with van der Waals surface area (Å²) in [7, 11) is 0. The van der Waals surface area contributed by atoms with E-state index in [1.165, 1.54) is 0 Å². The summed E-state index contributed by atoms with van der Waals surface area (Å²) in [6.45, 7) is 4.59. The molecule has 0 aliphatic carbocycles. The molecular weight excluding hydrogens is 683 g/mol. The molecule has 3 heterocycles. The lowest BCUT2D eigenvalue weighted by atomic mass is 9.93. The Hall–Kier alpha value is -7.56. The Balaban J connectivity index is 1.08. The third-order valence-corrected chi connectivity index (χ3v) is 10.4. The molecule has 9 aromatic rings. The van der Waals surface area contributed by atoms with E-state index in [4.69, 9.17) is 14.4 Å². The number of rotatable bonds is 6.